The van der Waals surface area contributed by atoms with Crippen LogP contribution in [0.3, 0.4) is 0 Å². The van der Waals surface area contributed by atoms with Crippen molar-refractivity contribution in [3.05, 3.63) is 0 Å². The van der Waals surface area contributed by atoms with E-state index in [0.717, 1.165) is 17.4 Å². The molecular formula is C13H26FIN3O2-. The maximum atomic E-state index is 14.1. The van der Waals surface area contributed by atoms with Crippen molar-refractivity contribution in [2.45, 2.75) is 44.8 Å². The molecule has 2 atom stereocenters. The number of carbonyl (C=O) groups is 1. The minimum absolute atomic E-state index is 0.310. The van der Waals surface area contributed by atoms with Gasteiger partial charge in [-0.3, -0.25) is 0 Å². The van der Waals surface area contributed by atoms with Crippen LogP contribution in [-0.2, 0) is 3.07 Å². The molecule has 0 saturated carbocycles. The first-order chi connectivity index (χ1) is 9.60. The summed E-state index contributed by atoms with van der Waals surface area (Å²) in [4.78, 5) is 13.3. The van der Waals surface area contributed by atoms with Crippen LogP contribution >= 0.6 is 0 Å². The molecule has 0 spiro atoms. The molecule has 20 heavy (non-hydrogen) atoms. The van der Waals surface area contributed by atoms with Gasteiger partial charge < -0.3 is 0 Å². The van der Waals surface area contributed by atoms with E-state index in [2.05, 4.69) is 12.3 Å². The molecule has 1 aliphatic heterocycles. The van der Waals surface area contributed by atoms with Crippen molar-refractivity contribution in [2.24, 2.45) is 0 Å². The number of hydrazine groups is 1. The van der Waals surface area contributed by atoms with Crippen molar-refractivity contribution < 1.29 is 33.9 Å². The number of carbonyl (C=O) groups excluding carboxylic acids is 1. The van der Waals surface area contributed by atoms with Gasteiger partial charge in [0.05, 0.1) is 0 Å². The summed E-state index contributed by atoms with van der Waals surface area (Å²) < 4.78 is 20.4. The van der Waals surface area contributed by atoms with Crippen LogP contribution in [0.25, 0.3) is 0 Å². The molecule has 1 heterocycles. The summed E-state index contributed by atoms with van der Waals surface area (Å²) in [5.41, 5.74) is 2.94. The number of halogens is 2. The van der Waals surface area contributed by atoms with E-state index in [-0.39, 0.29) is 12.1 Å². The molecule has 0 unspecified atom stereocenters. The summed E-state index contributed by atoms with van der Waals surface area (Å²) in [6.45, 7) is 3.20. The van der Waals surface area contributed by atoms with Gasteiger partial charge >= 0.3 is 132 Å². The number of nitrogens with one attached hydrogen (secondary N) is 1. The third-order valence-electron chi connectivity index (χ3n) is 3.54. The third kappa shape index (κ3) is 5.69. The fraction of sp³-hybridized carbons (Fsp3) is 0.923. The van der Waals surface area contributed by atoms with Crippen LogP contribution in [-0.4, -0.2) is 59.8 Å². The van der Waals surface area contributed by atoms with Gasteiger partial charge in [-0.15, -0.1) is 0 Å². The van der Waals surface area contributed by atoms with Crippen LogP contribution in [0.1, 0.15) is 32.6 Å². The average molecular weight is 402 g/mol. The summed E-state index contributed by atoms with van der Waals surface area (Å²) in [5.74, 6) is 0. The minimum atomic E-state index is -1.04. The first-order valence-corrected chi connectivity index (χ1v) is 9.60. The topological polar surface area (TPSA) is 44.8 Å². The van der Waals surface area contributed by atoms with E-state index < -0.39 is 27.8 Å². The molecule has 0 aromatic heterocycles. The van der Waals surface area contributed by atoms with Crippen molar-refractivity contribution >= 4 is 6.09 Å². The molecular weight excluding hydrogens is 376 g/mol. The van der Waals surface area contributed by atoms with E-state index >= 15 is 0 Å². The van der Waals surface area contributed by atoms with Crippen LogP contribution in [0.15, 0.2) is 0 Å². The SMILES string of the molecule is CCCCC[I-]OC(=O)N(C)[C@H]1CCN(NC)C[C@@H]1F. The Morgan fingerprint density at radius 3 is 2.90 bits per heavy atom. The third-order valence-corrected chi connectivity index (χ3v) is 5.44. The van der Waals surface area contributed by atoms with E-state index in [1.165, 1.54) is 17.7 Å². The molecule has 120 valence electrons. The summed E-state index contributed by atoms with van der Waals surface area (Å²) in [5, 5.41) is 1.83. The van der Waals surface area contributed by atoms with Gasteiger partial charge in [-0.1, -0.05) is 0 Å². The number of nitrogens with zero attached hydrogens (tertiary/aromatic N) is 2. The van der Waals surface area contributed by atoms with Gasteiger partial charge in [-0.05, 0) is 0 Å². The zero-order valence-corrected chi connectivity index (χ0v) is 14.7. The first-order valence-electron chi connectivity index (χ1n) is 7.19. The molecule has 7 heteroatoms. The molecule has 1 aliphatic rings. The average Bonchev–Trinajstić information content (AvgIpc) is 2.46. The molecule has 1 rings (SSSR count). The van der Waals surface area contributed by atoms with Crippen LogP contribution < -0.4 is 27.0 Å². The Balaban J connectivity index is 2.29. The van der Waals surface area contributed by atoms with Gasteiger partial charge in [0.2, 0.25) is 0 Å². The van der Waals surface area contributed by atoms with Crippen molar-refractivity contribution in [1.29, 1.82) is 0 Å². The molecule has 0 aliphatic carbocycles. The van der Waals surface area contributed by atoms with Crippen LogP contribution in [0.5, 0.6) is 0 Å². The Morgan fingerprint density at radius 1 is 1.55 bits per heavy atom. The van der Waals surface area contributed by atoms with Crippen molar-refractivity contribution in [1.82, 2.24) is 15.3 Å². The molecule has 0 aromatic rings. The Morgan fingerprint density at radius 2 is 2.30 bits per heavy atom. The van der Waals surface area contributed by atoms with Crippen LogP contribution in [0.4, 0.5) is 9.18 Å². The zero-order chi connectivity index (χ0) is 15.0. The molecule has 1 saturated heterocycles. The molecule has 1 amide bonds. The quantitative estimate of drug-likeness (QED) is 0.330. The monoisotopic (exact) mass is 402 g/mol. The Labute approximate surface area is 132 Å². The predicted molar refractivity (Wildman–Crippen MR) is 72.6 cm³/mol. The van der Waals surface area contributed by atoms with E-state index in [9.17, 15) is 9.18 Å². The van der Waals surface area contributed by atoms with E-state index in [4.69, 9.17) is 3.07 Å². The first kappa shape index (κ1) is 17.9. The number of hydrogen-bond acceptors (Lipinski definition) is 4. The van der Waals surface area contributed by atoms with Crippen LogP contribution in [0, 0.1) is 0 Å². The zero-order valence-electron chi connectivity index (χ0n) is 12.6. The summed E-state index contributed by atoms with van der Waals surface area (Å²) in [6.07, 6.45) is 2.70. The Bertz CT molecular complexity index is 297. The van der Waals surface area contributed by atoms with Crippen molar-refractivity contribution in [3.8, 4) is 0 Å². The van der Waals surface area contributed by atoms with E-state index in [0.29, 0.717) is 13.0 Å². The number of amides is 1. The Kier molecular flexibility index (Phi) is 8.70. The molecule has 0 aromatic carbocycles. The number of rotatable bonds is 7. The predicted octanol–water partition coefficient (Wildman–Crippen LogP) is -1.20. The van der Waals surface area contributed by atoms with Gasteiger partial charge in [0.1, 0.15) is 0 Å². The number of alkyl halides is 2. The number of hydrogen-bond donors (Lipinski definition) is 1. The Hall–Kier alpha value is -0.150. The maximum absolute atomic E-state index is 14.1. The normalized spacial score (nSPS) is 23.8. The van der Waals surface area contributed by atoms with Gasteiger partial charge in [0, 0.05) is 0 Å². The summed E-state index contributed by atoms with van der Waals surface area (Å²) in [6, 6.07) is -0.369. The van der Waals surface area contributed by atoms with Gasteiger partial charge in [-0.25, -0.2) is 0 Å². The van der Waals surface area contributed by atoms with Gasteiger partial charge in [0.15, 0.2) is 0 Å². The molecule has 1 fully saturated rings. The van der Waals surface area contributed by atoms with Crippen molar-refractivity contribution in [3.63, 3.8) is 0 Å². The van der Waals surface area contributed by atoms with E-state index in [1.54, 1.807) is 14.1 Å². The summed E-state index contributed by atoms with van der Waals surface area (Å²) >= 11 is -0.547. The fourth-order valence-corrected chi connectivity index (χ4v) is 3.85. The number of piperidine rings is 1. The second-order valence-electron chi connectivity index (χ2n) is 5.00. The molecule has 1 N–H and O–H groups in total. The molecule has 5 nitrogen and oxygen atoms in total. The van der Waals surface area contributed by atoms with Gasteiger partial charge in [0.25, 0.3) is 0 Å². The van der Waals surface area contributed by atoms with Gasteiger partial charge in [-0.2, -0.15) is 0 Å². The second kappa shape index (κ2) is 9.73. The molecule has 0 radical (unpaired) electrons. The van der Waals surface area contributed by atoms with E-state index in [1.807, 2.05) is 5.01 Å². The second-order valence-corrected chi connectivity index (χ2v) is 7.14. The molecule has 0 bridgehead atoms. The summed E-state index contributed by atoms with van der Waals surface area (Å²) in [7, 11) is 3.43. The van der Waals surface area contributed by atoms with Crippen molar-refractivity contribution in [2.75, 3.05) is 31.6 Å². The number of unbranched alkanes of at least 4 members (excludes halogenated alkanes) is 2. The standard InChI is InChI=1S/C13H26FIN3O2/c1-4-5-6-8-15-20-13(19)17(3)12-7-9-18(16-2)10-11(12)14/h11-12,16H,4-10H2,1-3H3/q-1/t11-,12-/m0/s1. The fourth-order valence-electron chi connectivity index (χ4n) is 2.21. The van der Waals surface area contributed by atoms with Crippen LogP contribution in [0.2, 0.25) is 0 Å².